The van der Waals surface area contributed by atoms with Crippen LogP contribution in [-0.4, -0.2) is 49.7 Å². The highest BCUT2D eigenvalue weighted by Gasteiger charge is 2.30. The standard InChI is InChI=1S/C23H25F2N5O2S/c1-11-7-12(2)28-23-17(11)20(26)21(33-23)22(31)29-13-8-14-16(32-10-13)9-15(19(25)18(14)24)30-5-3-27-4-6-30/h7,9,13,27H,3-6,8,10,26H2,1-2H3,(H,29,31)/t13-/m0/s1. The van der Waals surface area contributed by atoms with Crippen molar-refractivity contribution in [3.05, 3.63) is 45.5 Å². The minimum atomic E-state index is -0.920. The fraction of sp³-hybridized carbons (Fsp3) is 0.391. The zero-order valence-corrected chi connectivity index (χ0v) is 19.2. The number of aromatic nitrogens is 1. The lowest BCUT2D eigenvalue weighted by Crippen LogP contribution is -2.45. The lowest BCUT2D eigenvalue weighted by molar-refractivity contribution is 0.0919. The molecular formula is C23H25F2N5O2S. The number of piperazine rings is 1. The summed E-state index contributed by atoms with van der Waals surface area (Å²) in [5.41, 5.74) is 8.81. The molecule has 3 aromatic rings. The van der Waals surface area contributed by atoms with Crippen LogP contribution in [0.15, 0.2) is 12.1 Å². The second-order valence-corrected chi connectivity index (χ2v) is 9.53. The molecule has 5 rings (SSSR count). The SMILES string of the molecule is Cc1cc(C)c2c(N)c(C(=O)N[C@@H]3COc4cc(N5CCNCC5)c(F)c(F)c4C3)sc2n1. The van der Waals surface area contributed by atoms with Crippen LogP contribution in [-0.2, 0) is 6.42 Å². The number of nitrogen functional groups attached to an aromatic ring is 1. The van der Waals surface area contributed by atoms with E-state index in [1.807, 2.05) is 24.8 Å². The zero-order valence-electron chi connectivity index (χ0n) is 18.4. The van der Waals surface area contributed by atoms with E-state index in [0.29, 0.717) is 47.3 Å². The number of thiophene rings is 1. The van der Waals surface area contributed by atoms with Crippen molar-refractivity contribution in [3.63, 3.8) is 0 Å². The molecule has 2 aliphatic rings. The third-order valence-corrected chi connectivity index (χ3v) is 7.26. The van der Waals surface area contributed by atoms with Gasteiger partial charge in [0.05, 0.1) is 17.4 Å². The quantitative estimate of drug-likeness (QED) is 0.542. The number of benzene rings is 1. The lowest BCUT2D eigenvalue weighted by atomic mass is 10.00. The molecule has 4 N–H and O–H groups in total. The van der Waals surface area contributed by atoms with Crippen molar-refractivity contribution in [2.75, 3.05) is 43.4 Å². The minimum absolute atomic E-state index is 0.132. The first-order valence-electron chi connectivity index (χ1n) is 10.9. The number of halogens is 2. The van der Waals surface area contributed by atoms with Gasteiger partial charge in [-0.05, 0) is 25.5 Å². The topological polar surface area (TPSA) is 92.5 Å². The van der Waals surface area contributed by atoms with Gasteiger partial charge in [0.2, 0.25) is 0 Å². The van der Waals surface area contributed by atoms with Crippen LogP contribution in [0.5, 0.6) is 5.75 Å². The van der Waals surface area contributed by atoms with E-state index in [2.05, 4.69) is 15.6 Å². The fourth-order valence-electron chi connectivity index (χ4n) is 4.56. The number of carbonyl (C=O) groups excluding carboxylic acids is 1. The van der Waals surface area contributed by atoms with E-state index in [-0.39, 0.29) is 30.2 Å². The third-order valence-electron chi connectivity index (χ3n) is 6.16. The average molecular weight is 474 g/mol. The average Bonchev–Trinajstić information content (AvgIpc) is 3.13. The monoisotopic (exact) mass is 473 g/mol. The summed E-state index contributed by atoms with van der Waals surface area (Å²) in [7, 11) is 0. The molecule has 0 unspecified atom stereocenters. The molecule has 10 heteroatoms. The Labute approximate surface area is 193 Å². The van der Waals surface area contributed by atoms with E-state index >= 15 is 0 Å². The van der Waals surface area contributed by atoms with Crippen molar-refractivity contribution in [3.8, 4) is 5.75 Å². The highest BCUT2D eigenvalue weighted by molar-refractivity contribution is 7.21. The summed E-state index contributed by atoms with van der Waals surface area (Å²) < 4.78 is 35.6. The van der Waals surface area contributed by atoms with Crippen molar-refractivity contribution in [1.29, 1.82) is 0 Å². The lowest BCUT2D eigenvalue weighted by Gasteiger charge is -2.32. The number of rotatable bonds is 3. The molecule has 4 heterocycles. The number of carbonyl (C=O) groups is 1. The maximum Gasteiger partial charge on any atom is 0.263 e. The van der Waals surface area contributed by atoms with Crippen LogP contribution in [0.1, 0.15) is 26.5 Å². The highest BCUT2D eigenvalue weighted by Crippen LogP contribution is 2.37. The molecule has 7 nitrogen and oxygen atoms in total. The summed E-state index contributed by atoms with van der Waals surface area (Å²) in [5.74, 6) is -1.85. The second kappa shape index (κ2) is 8.42. The molecule has 0 bridgehead atoms. The van der Waals surface area contributed by atoms with Crippen LogP contribution in [0.4, 0.5) is 20.2 Å². The van der Waals surface area contributed by atoms with Gasteiger partial charge in [-0.1, -0.05) is 0 Å². The Balaban J connectivity index is 1.37. The molecule has 1 atom stereocenters. The van der Waals surface area contributed by atoms with E-state index in [0.717, 1.165) is 16.6 Å². The molecule has 1 saturated heterocycles. The molecule has 1 amide bonds. The van der Waals surface area contributed by atoms with Gasteiger partial charge in [-0.15, -0.1) is 11.3 Å². The van der Waals surface area contributed by atoms with Crippen LogP contribution in [0.2, 0.25) is 0 Å². The molecule has 174 valence electrons. The van der Waals surface area contributed by atoms with Gasteiger partial charge in [0.15, 0.2) is 11.6 Å². The predicted molar refractivity (Wildman–Crippen MR) is 125 cm³/mol. The molecular weight excluding hydrogens is 448 g/mol. The van der Waals surface area contributed by atoms with Gasteiger partial charge in [0, 0.05) is 55.3 Å². The van der Waals surface area contributed by atoms with Crippen molar-refractivity contribution in [1.82, 2.24) is 15.6 Å². The number of hydrogen-bond donors (Lipinski definition) is 3. The van der Waals surface area contributed by atoms with Gasteiger partial charge in [-0.2, -0.15) is 0 Å². The molecule has 1 aromatic carbocycles. The number of nitrogens with zero attached hydrogens (tertiary/aromatic N) is 2. The number of ether oxygens (including phenoxy) is 1. The van der Waals surface area contributed by atoms with Gasteiger partial charge in [0.25, 0.3) is 5.91 Å². The maximum atomic E-state index is 15.0. The number of amides is 1. The molecule has 0 aliphatic carbocycles. The number of fused-ring (bicyclic) bond motifs is 2. The Kier molecular flexibility index (Phi) is 5.57. The maximum absolute atomic E-state index is 15.0. The molecule has 0 radical (unpaired) electrons. The van der Waals surface area contributed by atoms with Gasteiger partial charge in [-0.3, -0.25) is 4.79 Å². The second-order valence-electron chi connectivity index (χ2n) is 8.53. The Morgan fingerprint density at radius 2 is 2.03 bits per heavy atom. The first-order valence-corrected chi connectivity index (χ1v) is 11.7. The predicted octanol–water partition coefficient (Wildman–Crippen LogP) is 2.92. The smallest absolute Gasteiger partial charge is 0.263 e. The van der Waals surface area contributed by atoms with Crippen LogP contribution >= 0.6 is 11.3 Å². The number of nitrogens with two attached hydrogens (primary N) is 1. The van der Waals surface area contributed by atoms with E-state index in [9.17, 15) is 13.6 Å². The number of anilines is 2. The summed E-state index contributed by atoms with van der Waals surface area (Å²) in [6.07, 6.45) is 0.132. The first-order chi connectivity index (χ1) is 15.8. The Morgan fingerprint density at radius 3 is 2.79 bits per heavy atom. The van der Waals surface area contributed by atoms with Crippen molar-refractivity contribution in [2.24, 2.45) is 0 Å². The molecule has 1 fully saturated rings. The molecule has 33 heavy (non-hydrogen) atoms. The zero-order chi connectivity index (χ0) is 23.3. The van der Waals surface area contributed by atoms with Crippen LogP contribution in [0.25, 0.3) is 10.2 Å². The number of pyridine rings is 1. The summed E-state index contributed by atoms with van der Waals surface area (Å²) in [4.78, 5) is 20.3. The third kappa shape index (κ3) is 3.87. The van der Waals surface area contributed by atoms with Gasteiger partial charge < -0.3 is 26.0 Å². The van der Waals surface area contributed by atoms with Gasteiger partial charge in [0.1, 0.15) is 22.1 Å². The summed E-state index contributed by atoms with van der Waals surface area (Å²) >= 11 is 1.22. The van der Waals surface area contributed by atoms with Gasteiger partial charge in [-0.25, -0.2) is 13.8 Å². The molecule has 2 aliphatic heterocycles. The summed E-state index contributed by atoms with van der Waals surface area (Å²) in [6, 6.07) is 2.98. The molecule has 0 saturated carbocycles. The number of aryl methyl sites for hydroxylation is 2. The summed E-state index contributed by atoms with van der Waals surface area (Å²) in [6.45, 7) is 6.59. The van der Waals surface area contributed by atoms with Crippen molar-refractivity contribution >= 4 is 38.8 Å². The number of hydrogen-bond acceptors (Lipinski definition) is 7. The largest absolute Gasteiger partial charge is 0.491 e. The Hall–Kier alpha value is -2.98. The fourth-order valence-corrected chi connectivity index (χ4v) is 5.68. The summed E-state index contributed by atoms with van der Waals surface area (Å²) in [5, 5.41) is 6.84. The first kappa shape index (κ1) is 21.8. The van der Waals surface area contributed by atoms with Crippen molar-refractivity contribution < 1.29 is 18.3 Å². The molecule has 0 spiro atoms. The van der Waals surface area contributed by atoms with Crippen LogP contribution in [0, 0.1) is 25.5 Å². The number of nitrogens with one attached hydrogen (secondary N) is 2. The minimum Gasteiger partial charge on any atom is -0.491 e. The molecule has 2 aromatic heterocycles. The van der Waals surface area contributed by atoms with Crippen molar-refractivity contribution in [2.45, 2.75) is 26.3 Å². The van der Waals surface area contributed by atoms with E-state index in [4.69, 9.17) is 10.5 Å². The van der Waals surface area contributed by atoms with Crippen LogP contribution in [0.3, 0.4) is 0 Å². The highest BCUT2D eigenvalue weighted by atomic mass is 32.1. The Morgan fingerprint density at radius 1 is 1.27 bits per heavy atom. The van der Waals surface area contributed by atoms with E-state index < -0.39 is 17.7 Å². The Bertz CT molecular complexity index is 1260. The van der Waals surface area contributed by atoms with E-state index in [1.165, 1.54) is 11.3 Å². The van der Waals surface area contributed by atoms with Gasteiger partial charge >= 0.3 is 0 Å². The van der Waals surface area contributed by atoms with Crippen LogP contribution < -0.4 is 26.0 Å². The normalized spacial score (nSPS) is 18.2. The van der Waals surface area contributed by atoms with E-state index in [1.54, 1.807) is 6.07 Å².